The summed E-state index contributed by atoms with van der Waals surface area (Å²) in [6.45, 7) is 8.68. The van der Waals surface area contributed by atoms with E-state index >= 15 is 0 Å². The molecule has 0 unspecified atom stereocenters. The molecule has 0 saturated carbocycles. The summed E-state index contributed by atoms with van der Waals surface area (Å²) in [5.74, 6) is 0. The van der Waals surface area contributed by atoms with Crippen LogP contribution in [0.4, 0.5) is 0 Å². The third-order valence-electron chi connectivity index (χ3n) is 2.18. The van der Waals surface area contributed by atoms with E-state index in [4.69, 9.17) is 0 Å². The SMILES string of the molecule is C[N-]C.C[N-]C.C[N-]C.Cc1c[c-](C)c(C)c1C.[Hf+4]. The van der Waals surface area contributed by atoms with Crippen molar-refractivity contribution in [3.63, 3.8) is 0 Å². The Labute approximate surface area is 140 Å². The molecule has 0 aromatic heterocycles. The Hall–Kier alpha value is 0.100. The summed E-state index contributed by atoms with van der Waals surface area (Å²) in [4.78, 5) is 0. The third kappa shape index (κ3) is 18.1. The molecule has 0 heterocycles. The quantitative estimate of drug-likeness (QED) is 0.429. The van der Waals surface area contributed by atoms with Crippen LogP contribution in [0, 0.1) is 27.7 Å². The van der Waals surface area contributed by atoms with Crippen molar-refractivity contribution >= 4 is 0 Å². The molecule has 110 valence electrons. The summed E-state index contributed by atoms with van der Waals surface area (Å²) >= 11 is 0. The predicted octanol–water partition coefficient (Wildman–Crippen LogP) is 4.50. The van der Waals surface area contributed by atoms with Gasteiger partial charge in [-0.1, -0.05) is 27.7 Å². The Kier molecular flexibility index (Phi) is 29.5. The molecule has 19 heavy (non-hydrogen) atoms. The van der Waals surface area contributed by atoms with Gasteiger partial charge in [-0.05, 0) is 0 Å². The first-order valence-corrected chi connectivity index (χ1v) is 6.01. The van der Waals surface area contributed by atoms with Crippen molar-refractivity contribution in [3.8, 4) is 0 Å². The molecule has 0 spiro atoms. The van der Waals surface area contributed by atoms with Gasteiger partial charge in [0.15, 0.2) is 0 Å². The van der Waals surface area contributed by atoms with Gasteiger partial charge in [0.25, 0.3) is 0 Å². The first kappa shape index (κ1) is 27.4. The molecule has 1 aromatic carbocycles. The van der Waals surface area contributed by atoms with Gasteiger partial charge in [0.05, 0.1) is 0 Å². The maximum Gasteiger partial charge on any atom is 4.00 e. The molecular formula is C15H31HfN3. The molecule has 0 saturated heterocycles. The number of hydrogen-bond acceptors (Lipinski definition) is 0. The van der Waals surface area contributed by atoms with Gasteiger partial charge in [-0.3, -0.25) is 0 Å². The van der Waals surface area contributed by atoms with Crippen LogP contribution < -0.4 is 0 Å². The van der Waals surface area contributed by atoms with Crippen LogP contribution in [-0.2, 0) is 25.8 Å². The fourth-order valence-corrected chi connectivity index (χ4v) is 1.13. The molecule has 0 aliphatic rings. The van der Waals surface area contributed by atoms with Crippen LogP contribution in [0.2, 0.25) is 0 Å². The second-order valence-electron chi connectivity index (χ2n) is 4.10. The van der Waals surface area contributed by atoms with Crippen LogP contribution in [0.1, 0.15) is 22.3 Å². The summed E-state index contributed by atoms with van der Waals surface area (Å²) in [6.07, 6.45) is 0. The van der Waals surface area contributed by atoms with Gasteiger partial charge in [0.1, 0.15) is 0 Å². The van der Waals surface area contributed by atoms with Crippen molar-refractivity contribution in [2.45, 2.75) is 27.7 Å². The summed E-state index contributed by atoms with van der Waals surface area (Å²) in [7, 11) is 10.5. The molecule has 1 rings (SSSR count). The summed E-state index contributed by atoms with van der Waals surface area (Å²) in [6, 6.07) is 2.24. The normalized spacial score (nSPS) is 7.68. The van der Waals surface area contributed by atoms with Gasteiger partial charge in [-0.25, -0.2) is 0 Å². The van der Waals surface area contributed by atoms with Crippen molar-refractivity contribution in [3.05, 3.63) is 44.3 Å². The van der Waals surface area contributed by atoms with Crippen LogP contribution in [-0.4, -0.2) is 42.3 Å². The maximum atomic E-state index is 3.50. The molecule has 0 aliphatic heterocycles. The molecule has 0 aliphatic carbocycles. The summed E-state index contributed by atoms with van der Waals surface area (Å²) in [5, 5.41) is 10.5. The smallest absolute Gasteiger partial charge is 0.668 e. The first-order chi connectivity index (χ1) is 8.37. The number of hydrogen-bond donors (Lipinski definition) is 0. The van der Waals surface area contributed by atoms with E-state index in [1.165, 1.54) is 22.3 Å². The predicted molar refractivity (Wildman–Crippen MR) is 86.6 cm³/mol. The van der Waals surface area contributed by atoms with E-state index < -0.39 is 0 Å². The molecule has 0 radical (unpaired) electrons. The molecule has 0 atom stereocenters. The van der Waals surface area contributed by atoms with E-state index in [1.54, 1.807) is 42.3 Å². The van der Waals surface area contributed by atoms with Crippen LogP contribution in [0.3, 0.4) is 0 Å². The molecule has 0 N–H and O–H groups in total. The molecular weight excluding hydrogens is 401 g/mol. The van der Waals surface area contributed by atoms with E-state index in [0.29, 0.717) is 0 Å². The van der Waals surface area contributed by atoms with Gasteiger partial charge in [0, 0.05) is 0 Å². The number of rotatable bonds is 0. The second kappa shape index (κ2) is 20.4. The van der Waals surface area contributed by atoms with Gasteiger partial charge >= 0.3 is 25.8 Å². The molecule has 0 fully saturated rings. The Morgan fingerprint density at radius 1 is 0.789 bits per heavy atom. The Bertz CT molecular complexity index is 243. The third-order valence-corrected chi connectivity index (χ3v) is 2.18. The van der Waals surface area contributed by atoms with Crippen LogP contribution >= 0.6 is 0 Å². The topological polar surface area (TPSA) is 42.3 Å². The fourth-order valence-electron chi connectivity index (χ4n) is 1.13. The number of aryl methyl sites for hydroxylation is 2. The second-order valence-corrected chi connectivity index (χ2v) is 4.10. The monoisotopic (exact) mass is 433 g/mol. The van der Waals surface area contributed by atoms with E-state index in [1.807, 2.05) is 0 Å². The average Bonchev–Trinajstić information content (AvgIpc) is 2.49. The van der Waals surface area contributed by atoms with Crippen molar-refractivity contribution < 1.29 is 25.8 Å². The molecule has 1 aromatic rings. The van der Waals surface area contributed by atoms with Gasteiger partial charge in [-0.2, -0.15) is 70.6 Å². The van der Waals surface area contributed by atoms with Crippen LogP contribution in [0.25, 0.3) is 16.0 Å². The van der Waals surface area contributed by atoms with E-state index in [-0.39, 0.29) is 25.8 Å². The molecule has 0 bridgehead atoms. The Balaban J connectivity index is -0.0000000956. The average molecular weight is 432 g/mol. The molecule has 0 amide bonds. The minimum Gasteiger partial charge on any atom is -0.668 e. The van der Waals surface area contributed by atoms with Crippen molar-refractivity contribution in [1.29, 1.82) is 0 Å². The first-order valence-electron chi connectivity index (χ1n) is 6.01. The largest absolute Gasteiger partial charge is 4.00 e. The van der Waals surface area contributed by atoms with E-state index in [9.17, 15) is 0 Å². The van der Waals surface area contributed by atoms with Crippen molar-refractivity contribution in [1.82, 2.24) is 0 Å². The minimum absolute atomic E-state index is 0. The zero-order valence-corrected chi connectivity index (χ0v) is 18.0. The summed E-state index contributed by atoms with van der Waals surface area (Å²) < 4.78 is 0. The van der Waals surface area contributed by atoms with E-state index in [2.05, 4.69) is 49.7 Å². The summed E-state index contributed by atoms with van der Waals surface area (Å²) in [5.41, 5.74) is 5.75. The van der Waals surface area contributed by atoms with Crippen molar-refractivity contribution in [2.75, 3.05) is 42.3 Å². The zero-order valence-electron chi connectivity index (χ0n) is 14.4. The maximum absolute atomic E-state index is 3.50. The van der Waals surface area contributed by atoms with Crippen LogP contribution in [0.15, 0.2) is 6.07 Å². The Morgan fingerprint density at radius 3 is 1.11 bits per heavy atom. The van der Waals surface area contributed by atoms with Crippen molar-refractivity contribution in [2.24, 2.45) is 0 Å². The van der Waals surface area contributed by atoms with Gasteiger partial charge in [-0.15, -0.1) is 0 Å². The fraction of sp³-hybridized carbons (Fsp3) is 0.667. The zero-order chi connectivity index (χ0) is 15.1. The standard InChI is InChI=1S/C9H13.3C2H6N.Hf/c1-6-5-7(2)9(4)8(6)3;3*1-3-2;/h5H,1-4H3;3*1-2H3;/q4*-1;+4. The van der Waals surface area contributed by atoms with Gasteiger partial charge < -0.3 is 16.0 Å². The van der Waals surface area contributed by atoms with E-state index in [0.717, 1.165) is 0 Å². The molecule has 4 heteroatoms. The van der Waals surface area contributed by atoms with Crippen LogP contribution in [0.5, 0.6) is 0 Å². The number of nitrogens with zero attached hydrogens (tertiary/aromatic N) is 3. The Morgan fingerprint density at radius 2 is 1.05 bits per heavy atom. The van der Waals surface area contributed by atoms with Gasteiger partial charge in [0.2, 0.25) is 0 Å². The minimum atomic E-state index is 0. The molecule has 3 nitrogen and oxygen atoms in total.